The highest BCUT2D eigenvalue weighted by molar-refractivity contribution is 6.78. The molecule has 0 spiro atoms. The van der Waals surface area contributed by atoms with E-state index in [0.717, 1.165) is 6.42 Å². The monoisotopic (exact) mass is 259 g/mol. The zero-order chi connectivity index (χ0) is 12.9. The van der Waals surface area contributed by atoms with E-state index < -0.39 is 17.4 Å². The van der Waals surface area contributed by atoms with Gasteiger partial charge in [0.1, 0.15) is 5.73 Å². The molecule has 0 aliphatic heterocycles. The lowest BCUT2D eigenvalue weighted by Gasteiger charge is -2.32. The Morgan fingerprint density at radius 1 is 1.44 bits per heavy atom. The van der Waals surface area contributed by atoms with Gasteiger partial charge in [0.25, 0.3) is 0 Å². The molecule has 0 bridgehead atoms. The molecular weight excluding hydrogens is 236 g/mol. The third-order valence-corrected chi connectivity index (χ3v) is 8.03. The van der Waals surface area contributed by atoms with Crippen LogP contribution in [0.3, 0.4) is 0 Å². The highest BCUT2D eigenvalue weighted by atomic mass is 28.4. The van der Waals surface area contributed by atoms with Crippen molar-refractivity contribution in [2.75, 3.05) is 0 Å². The maximum absolute atomic E-state index is 11.5. The molecule has 0 aliphatic rings. The Bertz CT molecular complexity index is 262. The van der Waals surface area contributed by atoms with Gasteiger partial charge in [-0.15, -0.1) is 0 Å². The van der Waals surface area contributed by atoms with Crippen LogP contribution in [0.1, 0.15) is 20.3 Å². The maximum atomic E-state index is 11.5. The lowest BCUT2D eigenvalue weighted by Crippen LogP contribution is -2.49. The van der Waals surface area contributed by atoms with E-state index >= 15 is 0 Å². The van der Waals surface area contributed by atoms with Crippen molar-refractivity contribution < 1.29 is 13.6 Å². The van der Waals surface area contributed by atoms with Crippen LogP contribution in [0.4, 0.5) is 0 Å². The van der Waals surface area contributed by atoms with E-state index in [4.69, 9.17) is 8.85 Å². The van der Waals surface area contributed by atoms with Crippen LogP contribution in [0.25, 0.3) is 0 Å². The first-order chi connectivity index (χ1) is 7.20. The molecule has 1 atom stereocenters. The Labute approximate surface area is 102 Å². The Balaban J connectivity index is 4.59. The minimum absolute atomic E-state index is 0.0865. The third kappa shape index (κ3) is 5.09. The Kier molecular flexibility index (Phi) is 6.21. The fraction of sp³-hybridized carbons (Fsp3) is 0.727. The van der Waals surface area contributed by atoms with Crippen LogP contribution < -0.4 is 0 Å². The molecule has 93 valence electrons. The zero-order valence-electron chi connectivity index (χ0n) is 11.2. The second-order valence-corrected chi connectivity index (χ2v) is 11.2. The van der Waals surface area contributed by atoms with Crippen molar-refractivity contribution in [3.63, 3.8) is 0 Å². The molecule has 0 aliphatic carbocycles. The van der Waals surface area contributed by atoms with E-state index in [2.05, 4.69) is 32.8 Å². The molecule has 0 amide bonds. The summed E-state index contributed by atoms with van der Waals surface area (Å²) in [5.41, 5.74) is 0.360. The number of carbonyl (C=O) groups is 1. The van der Waals surface area contributed by atoms with Gasteiger partial charge >= 0.3 is 5.97 Å². The molecule has 16 heavy (non-hydrogen) atoms. The number of hydrogen-bond acceptors (Lipinski definition) is 3. The van der Waals surface area contributed by atoms with E-state index in [-0.39, 0.29) is 11.7 Å². The molecule has 0 N–H and O–H groups in total. The normalized spacial score (nSPS) is 13.7. The largest absolute Gasteiger partial charge is 0.460 e. The molecule has 5 heteroatoms. The van der Waals surface area contributed by atoms with Gasteiger partial charge in [0.05, 0.1) is 0 Å². The lowest BCUT2D eigenvalue weighted by atomic mass is 10.4. The van der Waals surface area contributed by atoms with Crippen molar-refractivity contribution in [3.05, 3.63) is 12.2 Å². The van der Waals surface area contributed by atoms with E-state index in [1.807, 2.05) is 6.92 Å². The number of esters is 1. The van der Waals surface area contributed by atoms with Crippen molar-refractivity contribution in [1.82, 2.24) is 0 Å². The highest BCUT2D eigenvalue weighted by Crippen LogP contribution is 2.19. The predicted molar refractivity (Wildman–Crippen MR) is 71.0 cm³/mol. The first kappa shape index (κ1) is 15.6. The third-order valence-electron chi connectivity index (χ3n) is 2.21. The van der Waals surface area contributed by atoms with Crippen molar-refractivity contribution in [3.8, 4) is 0 Å². The molecule has 0 saturated carbocycles. The van der Waals surface area contributed by atoms with Crippen LogP contribution in [0, 0.1) is 0 Å². The van der Waals surface area contributed by atoms with Gasteiger partial charge in [0.15, 0.2) is 9.04 Å². The van der Waals surface area contributed by atoms with Crippen LogP contribution in [-0.2, 0) is 13.6 Å². The second-order valence-electron chi connectivity index (χ2n) is 4.70. The second kappa shape index (κ2) is 6.37. The van der Waals surface area contributed by atoms with Gasteiger partial charge in [-0.05, 0) is 39.5 Å². The Hall–Kier alpha value is -0.396. The molecular formula is C11H23O3Si2. The summed E-state index contributed by atoms with van der Waals surface area (Å²) in [4.78, 5) is 11.5. The molecule has 1 radical (unpaired) electrons. The number of hydrogen-bond donors (Lipinski definition) is 0. The van der Waals surface area contributed by atoms with E-state index in [1.165, 1.54) is 0 Å². The minimum atomic E-state index is -1.94. The molecule has 0 aromatic carbocycles. The molecule has 0 rings (SSSR count). The van der Waals surface area contributed by atoms with E-state index in [1.54, 1.807) is 6.92 Å². The first-order valence-corrected chi connectivity index (χ1v) is 11.0. The minimum Gasteiger partial charge on any atom is -0.460 e. The summed E-state index contributed by atoms with van der Waals surface area (Å²) in [6, 6.07) is 0. The average molecular weight is 259 g/mol. The summed E-state index contributed by atoms with van der Waals surface area (Å²) in [7, 11) is -2.70. The smallest absolute Gasteiger partial charge is 0.333 e. The van der Waals surface area contributed by atoms with Crippen molar-refractivity contribution in [2.45, 2.75) is 52.2 Å². The summed E-state index contributed by atoms with van der Waals surface area (Å²) in [5, 5.41) is 0. The molecule has 0 aromatic heterocycles. The number of carbonyl (C=O) groups excluding carboxylic acids is 1. The predicted octanol–water partition coefficient (Wildman–Crippen LogP) is 2.90. The Morgan fingerprint density at radius 3 is 2.25 bits per heavy atom. The van der Waals surface area contributed by atoms with Gasteiger partial charge in [-0.2, -0.15) is 0 Å². The molecule has 0 heterocycles. The van der Waals surface area contributed by atoms with E-state index in [0.29, 0.717) is 5.57 Å². The molecule has 0 aromatic rings. The van der Waals surface area contributed by atoms with Gasteiger partial charge in [-0.1, -0.05) is 13.5 Å². The van der Waals surface area contributed by atoms with Crippen LogP contribution in [0.2, 0.25) is 26.2 Å². The van der Waals surface area contributed by atoms with Crippen LogP contribution >= 0.6 is 0 Å². The maximum Gasteiger partial charge on any atom is 0.333 e. The number of rotatable bonds is 6. The SMILES string of the molecule is C=C(C)C(=O)OC(CC)[Si](C)(C)O[Si](C)C. The molecule has 0 saturated heterocycles. The fourth-order valence-electron chi connectivity index (χ4n) is 1.54. The van der Waals surface area contributed by atoms with Gasteiger partial charge in [-0.25, -0.2) is 4.79 Å². The lowest BCUT2D eigenvalue weighted by molar-refractivity contribution is -0.141. The standard InChI is InChI=1S/C11H23O3Si2/c1-8-10(13-11(12)9(2)3)16(6,7)14-15(4)5/h10H,2,8H2,1,3-7H3. The zero-order valence-corrected chi connectivity index (χ0v) is 13.2. The van der Waals surface area contributed by atoms with Gasteiger partial charge < -0.3 is 8.85 Å². The van der Waals surface area contributed by atoms with Crippen molar-refractivity contribution >= 4 is 23.3 Å². The van der Waals surface area contributed by atoms with Crippen LogP contribution in [0.5, 0.6) is 0 Å². The summed E-state index contributed by atoms with van der Waals surface area (Å²) < 4.78 is 11.4. The van der Waals surface area contributed by atoms with Crippen molar-refractivity contribution in [1.29, 1.82) is 0 Å². The quantitative estimate of drug-likeness (QED) is 0.418. The molecule has 0 fully saturated rings. The van der Waals surface area contributed by atoms with Gasteiger partial charge in [0.2, 0.25) is 8.32 Å². The van der Waals surface area contributed by atoms with Crippen LogP contribution in [-0.4, -0.2) is 29.1 Å². The molecule has 1 unspecified atom stereocenters. The number of ether oxygens (including phenoxy) is 1. The van der Waals surface area contributed by atoms with Gasteiger partial charge in [0, 0.05) is 5.57 Å². The highest BCUT2D eigenvalue weighted by Gasteiger charge is 2.36. The topological polar surface area (TPSA) is 35.5 Å². The fourth-order valence-corrected chi connectivity index (χ4v) is 7.65. The Morgan fingerprint density at radius 2 is 1.94 bits per heavy atom. The molecule has 3 nitrogen and oxygen atoms in total. The van der Waals surface area contributed by atoms with E-state index in [9.17, 15) is 4.79 Å². The summed E-state index contributed by atoms with van der Waals surface area (Å²) in [6.45, 7) is 15.7. The summed E-state index contributed by atoms with van der Waals surface area (Å²) in [5.74, 6) is -0.308. The van der Waals surface area contributed by atoms with Gasteiger partial charge in [-0.3, -0.25) is 0 Å². The summed E-state index contributed by atoms with van der Waals surface area (Å²) in [6.07, 6.45) is 0.799. The summed E-state index contributed by atoms with van der Waals surface area (Å²) >= 11 is 0. The van der Waals surface area contributed by atoms with Crippen LogP contribution in [0.15, 0.2) is 12.2 Å². The average Bonchev–Trinajstić information content (AvgIpc) is 2.10. The first-order valence-electron chi connectivity index (χ1n) is 5.56. The van der Waals surface area contributed by atoms with Crippen molar-refractivity contribution in [2.24, 2.45) is 0 Å².